The number of rotatable bonds is 5. The lowest BCUT2D eigenvalue weighted by Gasteiger charge is -2.35. The average molecular weight is 395 g/mol. The van der Waals surface area contributed by atoms with Gasteiger partial charge in [-0.1, -0.05) is 30.3 Å². The predicted octanol–water partition coefficient (Wildman–Crippen LogP) is 2.49. The second-order valence-electron chi connectivity index (χ2n) is 7.70. The molecule has 2 aromatic carbocycles. The van der Waals surface area contributed by atoms with Crippen molar-refractivity contribution in [1.29, 1.82) is 0 Å². The summed E-state index contributed by atoms with van der Waals surface area (Å²) >= 11 is 0. The van der Waals surface area contributed by atoms with E-state index < -0.39 is 0 Å². The Balaban J connectivity index is 1.21. The van der Waals surface area contributed by atoms with Crippen LogP contribution in [0.4, 0.5) is 10.1 Å². The Hall–Kier alpha value is -2.73. The fourth-order valence-corrected chi connectivity index (χ4v) is 4.10. The van der Waals surface area contributed by atoms with Crippen molar-refractivity contribution in [2.45, 2.75) is 19.3 Å². The summed E-state index contributed by atoms with van der Waals surface area (Å²) in [6.07, 6.45) is 1.72. The molecule has 0 spiro atoms. The number of nitrogens with zero attached hydrogens (tertiary/aromatic N) is 3. The smallest absolute Gasteiger partial charge is 0.228 e. The maximum Gasteiger partial charge on any atom is 0.228 e. The van der Waals surface area contributed by atoms with Crippen LogP contribution in [0.3, 0.4) is 0 Å². The van der Waals surface area contributed by atoms with Gasteiger partial charge in [0.2, 0.25) is 11.8 Å². The molecular weight excluding hydrogens is 369 g/mol. The molecule has 6 heteroatoms. The minimum absolute atomic E-state index is 0.0704. The summed E-state index contributed by atoms with van der Waals surface area (Å²) in [4.78, 5) is 31.1. The molecule has 0 aromatic heterocycles. The van der Waals surface area contributed by atoms with E-state index in [2.05, 4.69) is 11.0 Å². The second-order valence-corrected chi connectivity index (χ2v) is 7.70. The first-order valence-electron chi connectivity index (χ1n) is 10.2. The van der Waals surface area contributed by atoms with Crippen LogP contribution in [0.1, 0.15) is 17.5 Å². The molecule has 2 aliphatic heterocycles. The van der Waals surface area contributed by atoms with Gasteiger partial charge in [-0.2, -0.15) is 0 Å². The highest BCUT2D eigenvalue weighted by Gasteiger charge is 2.26. The molecule has 29 heavy (non-hydrogen) atoms. The van der Waals surface area contributed by atoms with Crippen LogP contribution in [0.5, 0.6) is 0 Å². The zero-order valence-electron chi connectivity index (χ0n) is 16.5. The summed E-state index contributed by atoms with van der Waals surface area (Å²) in [6.45, 7) is 4.38. The Morgan fingerprint density at radius 3 is 2.34 bits per heavy atom. The van der Waals surface area contributed by atoms with Crippen molar-refractivity contribution in [3.8, 4) is 0 Å². The highest BCUT2D eigenvalue weighted by molar-refractivity contribution is 5.95. The topological polar surface area (TPSA) is 43.9 Å². The first-order chi connectivity index (χ1) is 14.1. The lowest BCUT2D eigenvalue weighted by atomic mass is 10.1. The van der Waals surface area contributed by atoms with Crippen molar-refractivity contribution < 1.29 is 14.0 Å². The molecule has 0 N–H and O–H groups in total. The zero-order valence-corrected chi connectivity index (χ0v) is 16.5. The lowest BCUT2D eigenvalue weighted by molar-refractivity contribution is -0.132. The third-order valence-electron chi connectivity index (χ3n) is 5.82. The SMILES string of the molecule is O=C(Cc1ccc(F)cc1)N1CCN(CCC(=O)N2CCc3ccccc32)CC1. The van der Waals surface area contributed by atoms with Gasteiger partial charge in [-0.15, -0.1) is 0 Å². The quantitative estimate of drug-likeness (QED) is 0.781. The molecule has 0 saturated carbocycles. The highest BCUT2D eigenvalue weighted by atomic mass is 19.1. The molecule has 0 unspecified atom stereocenters. The summed E-state index contributed by atoms with van der Waals surface area (Å²) in [5.41, 5.74) is 3.12. The maximum absolute atomic E-state index is 13.0. The molecule has 152 valence electrons. The molecule has 2 aliphatic rings. The standard InChI is InChI=1S/C23H26FN3O2/c24-20-7-5-18(6-8-20)17-23(29)26-15-13-25(14-16-26)11-10-22(28)27-12-9-19-3-1-2-4-21(19)27/h1-8H,9-17H2. The van der Waals surface area contributed by atoms with Gasteiger partial charge in [-0.25, -0.2) is 4.39 Å². The van der Waals surface area contributed by atoms with Crippen LogP contribution >= 0.6 is 0 Å². The summed E-state index contributed by atoms with van der Waals surface area (Å²) in [7, 11) is 0. The van der Waals surface area contributed by atoms with Gasteiger partial charge in [0, 0.05) is 51.4 Å². The van der Waals surface area contributed by atoms with Crippen LogP contribution in [0, 0.1) is 5.82 Å². The molecule has 2 amide bonds. The van der Waals surface area contributed by atoms with Gasteiger partial charge in [0.05, 0.1) is 6.42 Å². The summed E-state index contributed by atoms with van der Waals surface area (Å²) in [5, 5.41) is 0. The fourth-order valence-electron chi connectivity index (χ4n) is 4.10. The predicted molar refractivity (Wildman–Crippen MR) is 110 cm³/mol. The third kappa shape index (κ3) is 4.65. The van der Waals surface area contributed by atoms with Gasteiger partial charge in [-0.05, 0) is 35.7 Å². The largest absolute Gasteiger partial charge is 0.340 e. The minimum Gasteiger partial charge on any atom is -0.340 e. The molecule has 2 heterocycles. The molecule has 4 rings (SSSR count). The van der Waals surface area contributed by atoms with E-state index in [1.807, 2.05) is 28.0 Å². The van der Waals surface area contributed by atoms with Crippen LogP contribution < -0.4 is 4.90 Å². The van der Waals surface area contributed by atoms with Gasteiger partial charge in [0.25, 0.3) is 0 Å². The Bertz CT molecular complexity index is 876. The number of para-hydroxylation sites is 1. The Morgan fingerprint density at radius 1 is 0.862 bits per heavy atom. The number of halogens is 1. The van der Waals surface area contributed by atoms with Crippen molar-refractivity contribution in [2.75, 3.05) is 44.2 Å². The number of benzene rings is 2. The molecule has 0 aliphatic carbocycles. The first kappa shape index (κ1) is 19.6. The number of anilines is 1. The Morgan fingerprint density at radius 2 is 1.59 bits per heavy atom. The number of carbonyl (C=O) groups excluding carboxylic acids is 2. The second kappa shape index (κ2) is 8.74. The molecule has 0 radical (unpaired) electrons. The summed E-state index contributed by atoms with van der Waals surface area (Å²) < 4.78 is 13.0. The van der Waals surface area contributed by atoms with Crippen molar-refractivity contribution >= 4 is 17.5 Å². The van der Waals surface area contributed by atoms with Gasteiger partial charge >= 0.3 is 0 Å². The summed E-state index contributed by atoms with van der Waals surface area (Å²) in [6, 6.07) is 14.2. The van der Waals surface area contributed by atoms with Gasteiger partial charge < -0.3 is 9.80 Å². The molecule has 1 fully saturated rings. The molecular formula is C23H26FN3O2. The van der Waals surface area contributed by atoms with Crippen LogP contribution in [-0.2, 0) is 22.4 Å². The Kier molecular flexibility index (Phi) is 5.90. The van der Waals surface area contributed by atoms with Crippen LogP contribution in [-0.4, -0.2) is 60.9 Å². The van der Waals surface area contributed by atoms with Gasteiger partial charge in [0.1, 0.15) is 5.82 Å². The highest BCUT2D eigenvalue weighted by Crippen LogP contribution is 2.27. The molecule has 5 nitrogen and oxygen atoms in total. The number of fused-ring (bicyclic) bond motifs is 1. The number of hydrogen-bond donors (Lipinski definition) is 0. The normalized spacial score (nSPS) is 16.7. The number of hydrogen-bond acceptors (Lipinski definition) is 3. The van der Waals surface area contributed by atoms with E-state index in [0.29, 0.717) is 25.9 Å². The maximum atomic E-state index is 13.0. The van der Waals surface area contributed by atoms with E-state index in [1.54, 1.807) is 12.1 Å². The molecule has 1 saturated heterocycles. The lowest BCUT2D eigenvalue weighted by Crippen LogP contribution is -2.49. The van der Waals surface area contributed by atoms with Crippen LogP contribution in [0.15, 0.2) is 48.5 Å². The third-order valence-corrected chi connectivity index (χ3v) is 5.82. The molecule has 2 aromatic rings. The average Bonchev–Trinajstić information content (AvgIpc) is 3.18. The van der Waals surface area contributed by atoms with E-state index in [-0.39, 0.29) is 17.6 Å². The van der Waals surface area contributed by atoms with E-state index in [1.165, 1.54) is 17.7 Å². The van der Waals surface area contributed by atoms with Gasteiger partial charge in [0.15, 0.2) is 0 Å². The van der Waals surface area contributed by atoms with Crippen LogP contribution in [0.25, 0.3) is 0 Å². The van der Waals surface area contributed by atoms with E-state index in [4.69, 9.17) is 0 Å². The monoisotopic (exact) mass is 395 g/mol. The fraction of sp³-hybridized carbons (Fsp3) is 0.391. The number of amides is 2. The van der Waals surface area contributed by atoms with Crippen molar-refractivity contribution in [1.82, 2.24) is 9.80 Å². The van der Waals surface area contributed by atoms with Gasteiger partial charge in [-0.3, -0.25) is 14.5 Å². The number of carbonyl (C=O) groups is 2. The zero-order chi connectivity index (χ0) is 20.2. The van der Waals surface area contributed by atoms with E-state index in [9.17, 15) is 14.0 Å². The summed E-state index contributed by atoms with van der Waals surface area (Å²) in [5.74, 6) is -0.0486. The van der Waals surface area contributed by atoms with E-state index in [0.717, 1.165) is 43.9 Å². The molecule has 0 bridgehead atoms. The first-order valence-corrected chi connectivity index (χ1v) is 10.2. The van der Waals surface area contributed by atoms with E-state index >= 15 is 0 Å². The van der Waals surface area contributed by atoms with Crippen molar-refractivity contribution in [3.63, 3.8) is 0 Å². The Labute approximate surface area is 170 Å². The van der Waals surface area contributed by atoms with Crippen molar-refractivity contribution in [2.24, 2.45) is 0 Å². The number of piperazine rings is 1. The molecule has 0 atom stereocenters. The van der Waals surface area contributed by atoms with Crippen LogP contribution in [0.2, 0.25) is 0 Å². The minimum atomic E-state index is -0.290. The van der Waals surface area contributed by atoms with Crippen molar-refractivity contribution in [3.05, 3.63) is 65.5 Å².